The SMILES string of the molecule is Cl.NC1C2CCC(C2)C1C(=O)NCC(O)c1cccc(OCc2ccccc2)c1. The van der Waals surface area contributed by atoms with Crippen LogP contribution in [0.3, 0.4) is 0 Å². The van der Waals surface area contributed by atoms with Gasteiger partial charge in [0, 0.05) is 12.6 Å². The summed E-state index contributed by atoms with van der Waals surface area (Å²) in [7, 11) is 0. The van der Waals surface area contributed by atoms with Crippen molar-refractivity contribution >= 4 is 18.3 Å². The largest absolute Gasteiger partial charge is 0.489 e. The van der Waals surface area contributed by atoms with Gasteiger partial charge in [0.1, 0.15) is 12.4 Å². The van der Waals surface area contributed by atoms with Crippen molar-refractivity contribution in [2.75, 3.05) is 6.54 Å². The minimum atomic E-state index is -0.779. The van der Waals surface area contributed by atoms with Gasteiger partial charge in [-0.3, -0.25) is 4.79 Å². The molecule has 5 nitrogen and oxygen atoms in total. The van der Waals surface area contributed by atoms with E-state index in [0.29, 0.717) is 24.2 Å². The molecule has 6 heteroatoms. The summed E-state index contributed by atoms with van der Waals surface area (Å²) in [6, 6.07) is 17.3. The maximum Gasteiger partial charge on any atom is 0.225 e. The number of aliphatic hydroxyl groups excluding tert-OH is 1. The Balaban J connectivity index is 0.00000240. The molecule has 2 aromatic carbocycles. The van der Waals surface area contributed by atoms with E-state index in [-0.39, 0.29) is 36.8 Å². The highest BCUT2D eigenvalue weighted by molar-refractivity contribution is 5.85. The van der Waals surface area contributed by atoms with Gasteiger partial charge in [0.05, 0.1) is 12.0 Å². The fourth-order valence-electron chi connectivity index (χ4n) is 4.71. The minimum absolute atomic E-state index is 0. The lowest BCUT2D eigenvalue weighted by Gasteiger charge is -2.27. The summed E-state index contributed by atoms with van der Waals surface area (Å²) in [5.74, 6) is 1.47. The molecule has 0 spiro atoms. The molecule has 29 heavy (non-hydrogen) atoms. The van der Waals surface area contributed by atoms with Crippen LogP contribution in [-0.4, -0.2) is 23.6 Å². The second-order valence-electron chi connectivity index (χ2n) is 8.04. The molecule has 2 aliphatic carbocycles. The second kappa shape index (κ2) is 9.61. The second-order valence-corrected chi connectivity index (χ2v) is 8.04. The number of hydrogen-bond acceptors (Lipinski definition) is 4. The average molecular weight is 417 g/mol. The van der Waals surface area contributed by atoms with E-state index in [0.717, 1.165) is 30.4 Å². The Morgan fingerprint density at radius 2 is 1.90 bits per heavy atom. The Morgan fingerprint density at radius 3 is 2.62 bits per heavy atom. The molecule has 156 valence electrons. The number of nitrogens with one attached hydrogen (secondary N) is 1. The third-order valence-electron chi connectivity index (χ3n) is 6.24. The van der Waals surface area contributed by atoms with Crippen LogP contribution in [0.25, 0.3) is 0 Å². The third kappa shape index (κ3) is 4.92. The summed E-state index contributed by atoms with van der Waals surface area (Å²) >= 11 is 0. The molecular formula is C23H29ClN2O3. The quantitative estimate of drug-likeness (QED) is 0.647. The summed E-state index contributed by atoms with van der Waals surface area (Å²) in [6.45, 7) is 0.654. The van der Waals surface area contributed by atoms with Gasteiger partial charge in [-0.25, -0.2) is 0 Å². The molecule has 4 N–H and O–H groups in total. The number of ether oxygens (including phenoxy) is 1. The first-order chi connectivity index (χ1) is 13.6. The van der Waals surface area contributed by atoms with Gasteiger partial charge in [0.15, 0.2) is 0 Å². The van der Waals surface area contributed by atoms with E-state index in [1.54, 1.807) is 0 Å². The normalized spacial score (nSPS) is 25.9. The number of rotatable bonds is 7. The lowest BCUT2D eigenvalue weighted by molar-refractivity contribution is -0.127. The molecule has 2 aliphatic rings. The molecule has 2 bridgehead atoms. The van der Waals surface area contributed by atoms with E-state index in [2.05, 4.69) is 5.32 Å². The average Bonchev–Trinajstić information content (AvgIpc) is 3.32. The number of hydrogen-bond donors (Lipinski definition) is 3. The Kier molecular flexibility index (Phi) is 7.17. The van der Waals surface area contributed by atoms with Gasteiger partial charge in [-0.2, -0.15) is 0 Å². The molecule has 0 radical (unpaired) electrons. The van der Waals surface area contributed by atoms with Crippen LogP contribution in [0.2, 0.25) is 0 Å². The molecule has 2 aromatic rings. The van der Waals surface area contributed by atoms with Gasteiger partial charge >= 0.3 is 0 Å². The molecule has 4 rings (SSSR count). The molecular weight excluding hydrogens is 388 g/mol. The van der Waals surface area contributed by atoms with Crippen molar-refractivity contribution in [3.05, 3.63) is 65.7 Å². The first-order valence-corrected chi connectivity index (χ1v) is 10.1. The van der Waals surface area contributed by atoms with Gasteiger partial charge in [-0.05, 0) is 54.4 Å². The summed E-state index contributed by atoms with van der Waals surface area (Å²) in [6.07, 6.45) is 2.54. The number of amides is 1. The summed E-state index contributed by atoms with van der Waals surface area (Å²) in [5.41, 5.74) is 8.06. The van der Waals surface area contributed by atoms with Crippen molar-refractivity contribution in [3.8, 4) is 5.75 Å². The van der Waals surface area contributed by atoms with Crippen LogP contribution >= 0.6 is 12.4 Å². The van der Waals surface area contributed by atoms with E-state index in [1.165, 1.54) is 0 Å². The molecule has 0 heterocycles. The van der Waals surface area contributed by atoms with Gasteiger partial charge < -0.3 is 20.9 Å². The Labute approximate surface area is 178 Å². The van der Waals surface area contributed by atoms with Crippen molar-refractivity contribution in [3.63, 3.8) is 0 Å². The number of nitrogens with two attached hydrogens (primary N) is 1. The topological polar surface area (TPSA) is 84.6 Å². The predicted octanol–water partition coefficient (Wildman–Crippen LogP) is 3.21. The van der Waals surface area contributed by atoms with E-state index < -0.39 is 6.10 Å². The molecule has 0 saturated heterocycles. The fourth-order valence-corrected chi connectivity index (χ4v) is 4.71. The number of fused-ring (bicyclic) bond motifs is 2. The van der Waals surface area contributed by atoms with E-state index in [9.17, 15) is 9.90 Å². The van der Waals surface area contributed by atoms with E-state index in [4.69, 9.17) is 10.5 Å². The Morgan fingerprint density at radius 1 is 1.14 bits per heavy atom. The number of benzene rings is 2. The highest BCUT2D eigenvalue weighted by Crippen LogP contribution is 2.47. The zero-order valence-corrected chi connectivity index (χ0v) is 17.2. The van der Waals surface area contributed by atoms with Crippen LogP contribution in [0.1, 0.15) is 36.5 Å². The lowest BCUT2D eigenvalue weighted by Crippen LogP contribution is -2.46. The Hall–Kier alpha value is -2.08. The molecule has 1 amide bonds. The first-order valence-electron chi connectivity index (χ1n) is 10.1. The first kappa shape index (κ1) is 21.6. The predicted molar refractivity (Wildman–Crippen MR) is 115 cm³/mol. The zero-order valence-electron chi connectivity index (χ0n) is 16.4. The van der Waals surface area contributed by atoms with E-state index >= 15 is 0 Å². The van der Waals surface area contributed by atoms with Gasteiger partial charge in [-0.15, -0.1) is 12.4 Å². The smallest absolute Gasteiger partial charge is 0.225 e. The van der Waals surface area contributed by atoms with Gasteiger partial charge in [0.2, 0.25) is 5.91 Å². The monoisotopic (exact) mass is 416 g/mol. The number of halogens is 1. The van der Waals surface area contributed by atoms with Crippen LogP contribution in [0.5, 0.6) is 5.75 Å². The third-order valence-corrected chi connectivity index (χ3v) is 6.24. The van der Waals surface area contributed by atoms with Gasteiger partial charge in [-0.1, -0.05) is 42.5 Å². The molecule has 2 fully saturated rings. The van der Waals surface area contributed by atoms with Crippen LogP contribution in [0.15, 0.2) is 54.6 Å². The van der Waals surface area contributed by atoms with Crippen molar-refractivity contribution in [2.24, 2.45) is 23.5 Å². The molecule has 0 aliphatic heterocycles. The molecule has 5 unspecified atom stereocenters. The van der Waals surface area contributed by atoms with Crippen LogP contribution in [0, 0.1) is 17.8 Å². The van der Waals surface area contributed by atoms with Gasteiger partial charge in [0.25, 0.3) is 0 Å². The summed E-state index contributed by atoms with van der Waals surface area (Å²) in [5, 5.41) is 13.4. The number of carbonyl (C=O) groups excluding carboxylic acids is 1. The molecule has 0 aromatic heterocycles. The number of carbonyl (C=O) groups is 1. The molecule has 5 atom stereocenters. The van der Waals surface area contributed by atoms with Crippen molar-refractivity contribution < 1.29 is 14.6 Å². The highest BCUT2D eigenvalue weighted by Gasteiger charge is 2.48. The van der Waals surface area contributed by atoms with Crippen molar-refractivity contribution in [2.45, 2.75) is 38.0 Å². The van der Waals surface area contributed by atoms with Crippen molar-refractivity contribution in [1.29, 1.82) is 0 Å². The maximum atomic E-state index is 12.6. The standard InChI is InChI=1S/C23H28N2O3.ClH/c24-22-18-10-9-17(11-18)21(22)23(27)25-13-20(26)16-7-4-8-19(12-16)28-14-15-5-2-1-3-6-15;/h1-8,12,17-18,20-22,26H,9-11,13-14,24H2,(H,25,27);1H. The summed E-state index contributed by atoms with van der Waals surface area (Å²) < 4.78 is 5.82. The highest BCUT2D eigenvalue weighted by atomic mass is 35.5. The lowest BCUT2D eigenvalue weighted by atomic mass is 9.84. The Bertz CT molecular complexity index is 815. The van der Waals surface area contributed by atoms with Crippen LogP contribution in [0.4, 0.5) is 0 Å². The number of aliphatic hydroxyl groups is 1. The maximum absolute atomic E-state index is 12.6. The van der Waals surface area contributed by atoms with E-state index in [1.807, 2.05) is 54.6 Å². The van der Waals surface area contributed by atoms with Crippen molar-refractivity contribution in [1.82, 2.24) is 5.32 Å². The molecule has 2 saturated carbocycles. The van der Waals surface area contributed by atoms with Crippen LogP contribution < -0.4 is 15.8 Å². The fraction of sp³-hybridized carbons (Fsp3) is 0.435. The zero-order chi connectivity index (χ0) is 19.5. The minimum Gasteiger partial charge on any atom is -0.489 e. The summed E-state index contributed by atoms with van der Waals surface area (Å²) in [4.78, 5) is 12.6. The van der Waals surface area contributed by atoms with Crippen LogP contribution in [-0.2, 0) is 11.4 Å².